The molecule has 0 spiro atoms. The van der Waals surface area contributed by atoms with Crippen molar-refractivity contribution in [1.29, 1.82) is 0 Å². The van der Waals surface area contributed by atoms with Crippen LogP contribution in [0.2, 0.25) is 0 Å². The van der Waals surface area contributed by atoms with Crippen molar-refractivity contribution in [2.24, 2.45) is 5.41 Å². The molecule has 0 aliphatic carbocycles. The summed E-state index contributed by atoms with van der Waals surface area (Å²) in [4.78, 5) is 21.4. The van der Waals surface area contributed by atoms with E-state index in [0.29, 0.717) is 13.0 Å². The van der Waals surface area contributed by atoms with E-state index in [9.17, 15) is 4.79 Å². The van der Waals surface area contributed by atoms with Crippen LogP contribution in [0, 0.1) is 12.3 Å². The van der Waals surface area contributed by atoms with E-state index in [1.165, 1.54) is 22.7 Å². The Labute approximate surface area is 178 Å². The Kier molecular flexibility index (Phi) is 7.24. The molecule has 0 atom stereocenters. The van der Waals surface area contributed by atoms with Gasteiger partial charge in [-0.3, -0.25) is 9.69 Å². The second-order valence-corrected chi connectivity index (χ2v) is 9.80. The zero-order chi connectivity index (χ0) is 20.9. The number of benzene rings is 1. The first-order valence-corrected chi connectivity index (χ1v) is 11.2. The van der Waals surface area contributed by atoms with Gasteiger partial charge in [0.15, 0.2) is 0 Å². The predicted molar refractivity (Wildman–Crippen MR) is 120 cm³/mol. The molecule has 2 heterocycles. The summed E-state index contributed by atoms with van der Waals surface area (Å²) in [6.45, 7) is 13.9. The number of carbonyl (C=O) groups is 1. The molecule has 1 aromatic carbocycles. The van der Waals surface area contributed by atoms with Gasteiger partial charge >= 0.3 is 0 Å². The van der Waals surface area contributed by atoms with Crippen molar-refractivity contribution in [1.82, 2.24) is 19.6 Å². The maximum atomic E-state index is 11.9. The average molecular weight is 416 g/mol. The van der Waals surface area contributed by atoms with Crippen molar-refractivity contribution in [3.05, 3.63) is 41.2 Å². The van der Waals surface area contributed by atoms with E-state index in [1.54, 1.807) is 0 Å². The summed E-state index contributed by atoms with van der Waals surface area (Å²) in [5.41, 5.74) is 2.56. The minimum atomic E-state index is 0.0375. The molecule has 1 amide bonds. The summed E-state index contributed by atoms with van der Waals surface area (Å²) in [5, 5.41) is 4.06. The van der Waals surface area contributed by atoms with Gasteiger partial charge in [0.05, 0.1) is 0 Å². The second-order valence-electron chi connectivity index (χ2n) is 9.07. The van der Waals surface area contributed by atoms with E-state index >= 15 is 0 Å². The topological polar surface area (TPSA) is 61.4 Å². The zero-order valence-electron chi connectivity index (χ0n) is 18.1. The predicted octanol–water partition coefficient (Wildman–Crippen LogP) is 3.11. The second kappa shape index (κ2) is 9.67. The van der Waals surface area contributed by atoms with Crippen molar-refractivity contribution >= 4 is 22.6 Å². The molecular weight excluding hydrogens is 382 g/mol. The third-order valence-electron chi connectivity index (χ3n) is 5.02. The Morgan fingerprint density at radius 2 is 1.83 bits per heavy atom. The monoisotopic (exact) mass is 415 g/mol. The van der Waals surface area contributed by atoms with Gasteiger partial charge < -0.3 is 10.2 Å². The van der Waals surface area contributed by atoms with Gasteiger partial charge in [-0.2, -0.15) is 4.37 Å². The van der Waals surface area contributed by atoms with E-state index in [4.69, 9.17) is 4.98 Å². The Bertz CT molecular complexity index is 788. The zero-order valence-corrected chi connectivity index (χ0v) is 18.9. The summed E-state index contributed by atoms with van der Waals surface area (Å²) in [6.07, 6.45) is 1.35. The smallest absolute Gasteiger partial charge is 0.220 e. The van der Waals surface area contributed by atoms with E-state index in [0.717, 1.165) is 50.1 Å². The average Bonchev–Trinajstić information content (AvgIpc) is 3.11. The highest BCUT2D eigenvalue weighted by Crippen LogP contribution is 2.21. The van der Waals surface area contributed by atoms with Crippen LogP contribution >= 0.6 is 11.5 Å². The van der Waals surface area contributed by atoms with Gasteiger partial charge in [0.1, 0.15) is 5.82 Å². The molecule has 0 saturated carbocycles. The first-order chi connectivity index (χ1) is 13.8. The summed E-state index contributed by atoms with van der Waals surface area (Å²) in [5.74, 6) is 1.05. The molecule has 0 bridgehead atoms. The summed E-state index contributed by atoms with van der Waals surface area (Å²) in [7, 11) is 0. The van der Waals surface area contributed by atoms with E-state index in [-0.39, 0.29) is 11.3 Å². The number of aryl methyl sites for hydroxylation is 1. The molecule has 1 saturated heterocycles. The van der Waals surface area contributed by atoms with Gasteiger partial charge in [0.25, 0.3) is 0 Å². The molecule has 3 rings (SSSR count). The van der Waals surface area contributed by atoms with Crippen molar-refractivity contribution in [3.8, 4) is 0 Å². The number of aromatic nitrogens is 2. The molecule has 1 aromatic heterocycles. The fourth-order valence-corrected chi connectivity index (χ4v) is 4.13. The van der Waals surface area contributed by atoms with E-state index in [1.807, 2.05) is 0 Å². The first-order valence-electron chi connectivity index (χ1n) is 10.4. The van der Waals surface area contributed by atoms with E-state index < -0.39 is 0 Å². The third-order valence-corrected chi connectivity index (χ3v) is 5.84. The number of amides is 1. The number of rotatable bonds is 7. The molecule has 1 aliphatic heterocycles. The molecule has 2 aromatic rings. The molecule has 7 heteroatoms. The lowest BCUT2D eigenvalue weighted by Gasteiger charge is -2.34. The third kappa shape index (κ3) is 7.08. The Balaban J connectivity index is 1.40. The van der Waals surface area contributed by atoms with Crippen LogP contribution in [0.4, 0.5) is 5.13 Å². The number of nitrogens with zero attached hydrogens (tertiary/aromatic N) is 4. The van der Waals surface area contributed by atoms with Gasteiger partial charge in [0.2, 0.25) is 11.0 Å². The number of carbonyl (C=O) groups excluding carboxylic acids is 1. The molecule has 0 radical (unpaired) electrons. The van der Waals surface area contributed by atoms with Crippen LogP contribution in [-0.2, 0) is 11.2 Å². The van der Waals surface area contributed by atoms with Crippen LogP contribution in [0.15, 0.2) is 24.3 Å². The molecular formula is C22H33N5OS. The number of hydrogen-bond acceptors (Lipinski definition) is 6. The van der Waals surface area contributed by atoms with Crippen molar-refractivity contribution in [2.45, 2.75) is 40.5 Å². The van der Waals surface area contributed by atoms with Crippen molar-refractivity contribution in [2.75, 3.05) is 44.2 Å². The first kappa shape index (κ1) is 21.7. The van der Waals surface area contributed by atoms with Crippen LogP contribution < -0.4 is 10.2 Å². The fourth-order valence-electron chi connectivity index (χ4n) is 3.39. The van der Waals surface area contributed by atoms with Gasteiger partial charge in [0, 0.05) is 63.6 Å². The highest BCUT2D eigenvalue weighted by atomic mass is 32.1. The lowest BCUT2D eigenvalue weighted by molar-refractivity contribution is -0.122. The van der Waals surface area contributed by atoms with Gasteiger partial charge in [-0.1, -0.05) is 50.6 Å². The number of anilines is 1. The standard InChI is InChI=1S/C22H33N5OS/c1-17-5-7-18(8-6-17)15-19-24-21(29-25-19)27-13-11-26(12-14-27)10-9-23-20(28)16-22(2,3)4/h5-8H,9-16H2,1-4H3,(H,23,28). The normalized spacial score (nSPS) is 15.5. The minimum Gasteiger partial charge on any atom is -0.355 e. The van der Waals surface area contributed by atoms with Crippen molar-refractivity contribution < 1.29 is 4.79 Å². The Morgan fingerprint density at radius 1 is 1.14 bits per heavy atom. The maximum Gasteiger partial charge on any atom is 0.220 e. The molecule has 1 aliphatic rings. The van der Waals surface area contributed by atoms with Crippen LogP contribution in [0.3, 0.4) is 0 Å². The van der Waals surface area contributed by atoms with Crippen LogP contribution in [0.5, 0.6) is 0 Å². The summed E-state index contributed by atoms with van der Waals surface area (Å²) < 4.78 is 4.55. The quantitative estimate of drug-likeness (QED) is 0.753. The Morgan fingerprint density at radius 3 is 2.48 bits per heavy atom. The largest absolute Gasteiger partial charge is 0.355 e. The van der Waals surface area contributed by atoms with Crippen LogP contribution in [0.25, 0.3) is 0 Å². The molecule has 1 fully saturated rings. The molecule has 1 N–H and O–H groups in total. The SMILES string of the molecule is Cc1ccc(Cc2nsc(N3CCN(CCNC(=O)CC(C)(C)C)CC3)n2)cc1. The van der Waals surface area contributed by atoms with Gasteiger partial charge in [-0.25, -0.2) is 4.98 Å². The molecule has 0 unspecified atom stereocenters. The lowest BCUT2D eigenvalue weighted by atomic mass is 9.92. The maximum absolute atomic E-state index is 11.9. The highest BCUT2D eigenvalue weighted by molar-refractivity contribution is 7.09. The lowest BCUT2D eigenvalue weighted by Crippen LogP contribution is -2.48. The molecule has 6 nitrogen and oxygen atoms in total. The molecule has 29 heavy (non-hydrogen) atoms. The van der Waals surface area contributed by atoms with Crippen molar-refractivity contribution in [3.63, 3.8) is 0 Å². The summed E-state index contributed by atoms with van der Waals surface area (Å²) >= 11 is 1.50. The highest BCUT2D eigenvalue weighted by Gasteiger charge is 2.20. The van der Waals surface area contributed by atoms with Gasteiger partial charge in [-0.05, 0) is 17.9 Å². The Hall–Kier alpha value is -1.99. The summed E-state index contributed by atoms with van der Waals surface area (Å²) in [6, 6.07) is 8.56. The number of piperazine rings is 1. The van der Waals surface area contributed by atoms with Gasteiger partial charge in [-0.15, -0.1) is 0 Å². The number of nitrogens with one attached hydrogen (secondary N) is 1. The van der Waals surface area contributed by atoms with Crippen LogP contribution in [0.1, 0.15) is 44.1 Å². The number of hydrogen-bond donors (Lipinski definition) is 1. The van der Waals surface area contributed by atoms with Crippen LogP contribution in [-0.4, -0.2) is 59.4 Å². The molecule has 158 valence electrons. The minimum absolute atomic E-state index is 0.0375. The fraction of sp³-hybridized carbons (Fsp3) is 0.591. The van der Waals surface area contributed by atoms with E-state index in [2.05, 4.69) is 71.5 Å².